The predicted octanol–water partition coefficient (Wildman–Crippen LogP) is 0.997. The van der Waals surface area contributed by atoms with Gasteiger partial charge in [0.05, 0.1) is 6.04 Å². The molecule has 0 bridgehead atoms. The Bertz CT molecular complexity index is 166. The van der Waals surface area contributed by atoms with Crippen molar-refractivity contribution in [1.29, 1.82) is 0 Å². The van der Waals surface area contributed by atoms with Crippen LogP contribution in [0, 0.1) is 0 Å². The highest BCUT2D eigenvalue weighted by Crippen LogP contribution is 2.08. The van der Waals surface area contributed by atoms with Crippen molar-refractivity contribution in [2.45, 2.75) is 39.2 Å². The maximum Gasteiger partial charge on any atom is 0.222 e. The molecule has 0 aliphatic carbocycles. The molecule has 0 aromatic carbocycles. The fraction of sp³-hybridized carbons (Fsp3) is 0.900. The van der Waals surface area contributed by atoms with Crippen LogP contribution in [-0.2, 0) is 4.79 Å². The van der Waals surface area contributed by atoms with Crippen molar-refractivity contribution in [2.75, 3.05) is 19.6 Å². The number of hydrogen-bond acceptors (Lipinski definition) is 2. The van der Waals surface area contributed by atoms with E-state index in [1.54, 1.807) is 0 Å². The standard InChI is InChI=1S/C10H20N2O/c1-3-5-10(13)12(6-4-2)9-7-11-8-9/h9,11H,3-8H2,1-2H3. The Labute approximate surface area is 80.5 Å². The number of amides is 1. The zero-order valence-corrected chi connectivity index (χ0v) is 8.68. The fourth-order valence-corrected chi connectivity index (χ4v) is 1.60. The molecule has 0 atom stereocenters. The Balaban J connectivity index is 2.40. The van der Waals surface area contributed by atoms with Gasteiger partial charge in [0.25, 0.3) is 0 Å². The first kappa shape index (κ1) is 10.5. The fourth-order valence-electron chi connectivity index (χ4n) is 1.60. The minimum Gasteiger partial charge on any atom is -0.337 e. The van der Waals surface area contributed by atoms with Crippen molar-refractivity contribution in [2.24, 2.45) is 0 Å². The van der Waals surface area contributed by atoms with Gasteiger partial charge in [-0.15, -0.1) is 0 Å². The summed E-state index contributed by atoms with van der Waals surface area (Å²) in [5, 5.41) is 3.20. The maximum atomic E-state index is 11.7. The maximum absolute atomic E-state index is 11.7. The molecule has 1 rings (SSSR count). The lowest BCUT2D eigenvalue weighted by molar-refractivity contribution is -0.134. The van der Waals surface area contributed by atoms with Gasteiger partial charge in [-0.05, 0) is 12.8 Å². The average Bonchev–Trinajstić information content (AvgIpc) is 2.01. The molecule has 0 aromatic heterocycles. The summed E-state index contributed by atoms with van der Waals surface area (Å²) in [7, 11) is 0. The van der Waals surface area contributed by atoms with Crippen LogP contribution in [0.4, 0.5) is 0 Å². The normalized spacial score (nSPS) is 16.8. The van der Waals surface area contributed by atoms with Gasteiger partial charge in [-0.2, -0.15) is 0 Å². The number of hydrogen-bond donors (Lipinski definition) is 1. The Kier molecular flexibility index (Phi) is 4.22. The molecule has 0 spiro atoms. The van der Waals surface area contributed by atoms with Gasteiger partial charge in [0, 0.05) is 26.1 Å². The average molecular weight is 184 g/mol. The van der Waals surface area contributed by atoms with E-state index in [0.29, 0.717) is 18.4 Å². The molecular formula is C10H20N2O. The number of nitrogens with zero attached hydrogens (tertiary/aromatic N) is 1. The quantitative estimate of drug-likeness (QED) is 0.691. The summed E-state index contributed by atoms with van der Waals surface area (Å²) in [5.41, 5.74) is 0. The summed E-state index contributed by atoms with van der Waals surface area (Å²) in [4.78, 5) is 13.7. The SMILES string of the molecule is CCCC(=O)N(CCC)C1CNC1. The number of carbonyl (C=O) groups is 1. The van der Waals surface area contributed by atoms with Gasteiger partial charge in [0.1, 0.15) is 0 Å². The lowest BCUT2D eigenvalue weighted by atomic mass is 10.1. The summed E-state index contributed by atoms with van der Waals surface area (Å²) in [5.74, 6) is 0.329. The molecule has 1 amide bonds. The highest BCUT2D eigenvalue weighted by Gasteiger charge is 2.26. The molecule has 3 heteroatoms. The van der Waals surface area contributed by atoms with Crippen molar-refractivity contribution in [1.82, 2.24) is 10.2 Å². The topological polar surface area (TPSA) is 32.3 Å². The summed E-state index contributed by atoms with van der Waals surface area (Å²) >= 11 is 0. The van der Waals surface area contributed by atoms with Crippen LogP contribution in [0.5, 0.6) is 0 Å². The third kappa shape index (κ3) is 2.69. The lowest BCUT2D eigenvalue weighted by Crippen LogP contribution is -2.59. The van der Waals surface area contributed by atoms with Gasteiger partial charge in [0.15, 0.2) is 0 Å². The van der Waals surface area contributed by atoms with E-state index < -0.39 is 0 Å². The summed E-state index contributed by atoms with van der Waals surface area (Å²) < 4.78 is 0. The van der Waals surface area contributed by atoms with Crippen molar-refractivity contribution in [3.63, 3.8) is 0 Å². The zero-order valence-electron chi connectivity index (χ0n) is 8.68. The third-order valence-electron chi connectivity index (χ3n) is 2.45. The molecule has 1 saturated heterocycles. The molecule has 1 aliphatic heterocycles. The van der Waals surface area contributed by atoms with Crippen LogP contribution in [0.1, 0.15) is 33.1 Å². The Morgan fingerprint density at radius 3 is 2.46 bits per heavy atom. The highest BCUT2D eigenvalue weighted by molar-refractivity contribution is 5.76. The van der Waals surface area contributed by atoms with E-state index in [0.717, 1.165) is 32.5 Å². The molecular weight excluding hydrogens is 164 g/mol. The smallest absolute Gasteiger partial charge is 0.222 e. The van der Waals surface area contributed by atoms with Crippen LogP contribution in [-0.4, -0.2) is 36.5 Å². The van der Waals surface area contributed by atoms with Crippen molar-refractivity contribution in [3.05, 3.63) is 0 Å². The molecule has 1 N–H and O–H groups in total. The van der Waals surface area contributed by atoms with Gasteiger partial charge in [-0.25, -0.2) is 0 Å². The largest absolute Gasteiger partial charge is 0.337 e. The highest BCUT2D eigenvalue weighted by atomic mass is 16.2. The van der Waals surface area contributed by atoms with Crippen LogP contribution in [0.3, 0.4) is 0 Å². The van der Waals surface area contributed by atoms with E-state index in [2.05, 4.69) is 19.2 Å². The predicted molar refractivity (Wildman–Crippen MR) is 53.6 cm³/mol. The minimum absolute atomic E-state index is 0.329. The second kappa shape index (κ2) is 5.22. The zero-order chi connectivity index (χ0) is 9.68. The van der Waals surface area contributed by atoms with Gasteiger partial charge < -0.3 is 10.2 Å². The molecule has 1 fully saturated rings. The lowest BCUT2D eigenvalue weighted by Gasteiger charge is -2.38. The Morgan fingerprint density at radius 2 is 2.08 bits per heavy atom. The van der Waals surface area contributed by atoms with Crippen molar-refractivity contribution >= 4 is 5.91 Å². The molecule has 0 aromatic rings. The van der Waals surface area contributed by atoms with Crippen LogP contribution in [0.25, 0.3) is 0 Å². The number of rotatable bonds is 5. The number of carbonyl (C=O) groups excluding carboxylic acids is 1. The Hall–Kier alpha value is -0.570. The van der Waals surface area contributed by atoms with E-state index >= 15 is 0 Å². The van der Waals surface area contributed by atoms with E-state index in [9.17, 15) is 4.79 Å². The summed E-state index contributed by atoms with van der Waals surface area (Å²) in [6, 6.07) is 0.471. The molecule has 1 aliphatic rings. The molecule has 0 radical (unpaired) electrons. The summed E-state index contributed by atoms with van der Waals surface area (Å²) in [6.07, 6.45) is 2.72. The minimum atomic E-state index is 0.329. The van der Waals surface area contributed by atoms with Crippen LogP contribution < -0.4 is 5.32 Å². The molecule has 3 nitrogen and oxygen atoms in total. The first-order valence-electron chi connectivity index (χ1n) is 5.29. The summed E-state index contributed by atoms with van der Waals surface area (Å²) in [6.45, 7) is 7.06. The van der Waals surface area contributed by atoms with Crippen molar-refractivity contribution in [3.8, 4) is 0 Å². The molecule has 0 unspecified atom stereocenters. The molecule has 13 heavy (non-hydrogen) atoms. The first-order valence-corrected chi connectivity index (χ1v) is 5.29. The van der Waals surface area contributed by atoms with Gasteiger partial charge in [-0.1, -0.05) is 13.8 Å². The van der Waals surface area contributed by atoms with Gasteiger partial charge >= 0.3 is 0 Å². The van der Waals surface area contributed by atoms with Gasteiger partial charge in [0.2, 0.25) is 5.91 Å². The van der Waals surface area contributed by atoms with E-state index in [4.69, 9.17) is 0 Å². The van der Waals surface area contributed by atoms with E-state index in [1.807, 2.05) is 4.90 Å². The van der Waals surface area contributed by atoms with Crippen LogP contribution >= 0.6 is 0 Å². The first-order chi connectivity index (χ1) is 6.29. The molecule has 1 heterocycles. The second-order valence-electron chi connectivity index (χ2n) is 3.65. The Morgan fingerprint density at radius 1 is 1.38 bits per heavy atom. The number of nitrogens with one attached hydrogen (secondary N) is 1. The molecule has 0 saturated carbocycles. The molecule has 76 valence electrons. The van der Waals surface area contributed by atoms with Gasteiger partial charge in [-0.3, -0.25) is 4.79 Å². The monoisotopic (exact) mass is 184 g/mol. The van der Waals surface area contributed by atoms with E-state index in [-0.39, 0.29) is 0 Å². The van der Waals surface area contributed by atoms with Crippen molar-refractivity contribution < 1.29 is 4.79 Å². The second-order valence-corrected chi connectivity index (χ2v) is 3.65. The van der Waals surface area contributed by atoms with Crippen LogP contribution in [0.2, 0.25) is 0 Å². The van der Waals surface area contributed by atoms with E-state index in [1.165, 1.54) is 0 Å². The third-order valence-corrected chi connectivity index (χ3v) is 2.45. The van der Waals surface area contributed by atoms with Crippen LogP contribution in [0.15, 0.2) is 0 Å².